The molecular weight excluding hydrogens is 322 g/mol. The van der Waals surface area contributed by atoms with Crippen molar-refractivity contribution < 1.29 is 8.78 Å². The number of rotatable bonds is 2. The summed E-state index contributed by atoms with van der Waals surface area (Å²) in [5, 5.41) is 0. The third-order valence-electron chi connectivity index (χ3n) is 2.70. The van der Waals surface area contributed by atoms with Crippen LogP contribution < -0.4 is 11.1 Å². The molecule has 0 radical (unpaired) electrons. The third kappa shape index (κ3) is 2.51. The van der Waals surface area contributed by atoms with E-state index in [4.69, 9.17) is 0 Å². The van der Waals surface area contributed by atoms with E-state index in [1.165, 1.54) is 25.5 Å². The monoisotopic (exact) mass is 330 g/mol. The summed E-state index contributed by atoms with van der Waals surface area (Å²) >= 11 is 2.94. The molecule has 19 heavy (non-hydrogen) atoms. The summed E-state index contributed by atoms with van der Waals surface area (Å²) in [5.74, 6) is -1.55. The molecule has 4 nitrogen and oxygen atoms in total. The van der Waals surface area contributed by atoms with Gasteiger partial charge in [-0.2, -0.15) is 0 Å². The zero-order valence-electron chi connectivity index (χ0n) is 9.86. The molecule has 2 rings (SSSR count). The molecule has 0 spiro atoms. The van der Waals surface area contributed by atoms with Gasteiger partial charge < -0.3 is 9.13 Å². The van der Waals surface area contributed by atoms with Crippen LogP contribution in [0.5, 0.6) is 0 Å². The van der Waals surface area contributed by atoms with E-state index >= 15 is 0 Å². The summed E-state index contributed by atoms with van der Waals surface area (Å²) in [6, 6.07) is 2.33. The summed E-state index contributed by atoms with van der Waals surface area (Å²) < 4.78 is 29.5. The molecule has 0 bridgehead atoms. The van der Waals surface area contributed by atoms with Gasteiger partial charge in [0, 0.05) is 25.0 Å². The molecule has 0 unspecified atom stereocenters. The first-order valence-corrected chi connectivity index (χ1v) is 6.09. The minimum atomic E-state index is -0.830. The van der Waals surface area contributed by atoms with Crippen molar-refractivity contribution in [3.63, 3.8) is 0 Å². The van der Waals surface area contributed by atoms with E-state index in [0.29, 0.717) is 0 Å². The van der Waals surface area contributed by atoms with Crippen molar-refractivity contribution in [2.75, 3.05) is 0 Å². The molecule has 0 saturated heterocycles. The van der Waals surface area contributed by atoms with Gasteiger partial charge >= 0.3 is 11.1 Å². The molecule has 1 heterocycles. The highest BCUT2D eigenvalue weighted by atomic mass is 79.9. The Morgan fingerprint density at radius 1 is 1.16 bits per heavy atom. The maximum Gasteiger partial charge on any atom is 0.316 e. The molecule has 7 heteroatoms. The summed E-state index contributed by atoms with van der Waals surface area (Å²) in [5.41, 5.74) is -1.85. The summed E-state index contributed by atoms with van der Waals surface area (Å²) in [6.07, 6.45) is 2.67. The van der Waals surface area contributed by atoms with Crippen LogP contribution in [0.2, 0.25) is 0 Å². The zero-order chi connectivity index (χ0) is 14.2. The SMILES string of the molecule is Cn1ccn(Cc2c(F)ccc(Br)c2F)c(=O)c1=O. The van der Waals surface area contributed by atoms with Gasteiger partial charge in [0.2, 0.25) is 0 Å². The van der Waals surface area contributed by atoms with Crippen LogP contribution in [0.3, 0.4) is 0 Å². The van der Waals surface area contributed by atoms with E-state index in [9.17, 15) is 18.4 Å². The van der Waals surface area contributed by atoms with Gasteiger partial charge in [-0.1, -0.05) is 0 Å². The number of aryl methyl sites for hydroxylation is 1. The first kappa shape index (κ1) is 13.7. The molecule has 2 aromatic rings. The topological polar surface area (TPSA) is 44.0 Å². The molecule has 1 aromatic heterocycles. The molecule has 0 saturated carbocycles. The first-order chi connectivity index (χ1) is 8.91. The van der Waals surface area contributed by atoms with E-state index < -0.39 is 22.8 Å². The number of aromatic nitrogens is 2. The molecule has 0 amide bonds. The van der Waals surface area contributed by atoms with Gasteiger partial charge in [-0.05, 0) is 28.1 Å². The quantitative estimate of drug-likeness (QED) is 0.620. The number of hydrogen-bond acceptors (Lipinski definition) is 2. The van der Waals surface area contributed by atoms with E-state index in [-0.39, 0.29) is 16.6 Å². The van der Waals surface area contributed by atoms with Crippen molar-refractivity contribution in [1.82, 2.24) is 9.13 Å². The summed E-state index contributed by atoms with van der Waals surface area (Å²) in [4.78, 5) is 23.1. The van der Waals surface area contributed by atoms with Crippen molar-refractivity contribution in [2.45, 2.75) is 6.54 Å². The van der Waals surface area contributed by atoms with Gasteiger partial charge in [0.25, 0.3) is 0 Å². The van der Waals surface area contributed by atoms with Gasteiger partial charge in [-0.15, -0.1) is 0 Å². The van der Waals surface area contributed by atoms with Crippen molar-refractivity contribution >= 4 is 15.9 Å². The maximum atomic E-state index is 13.8. The van der Waals surface area contributed by atoms with Gasteiger partial charge in [-0.3, -0.25) is 9.59 Å². The first-order valence-electron chi connectivity index (χ1n) is 5.30. The van der Waals surface area contributed by atoms with Crippen LogP contribution in [0, 0.1) is 11.6 Å². The van der Waals surface area contributed by atoms with Crippen LogP contribution in [-0.2, 0) is 13.6 Å². The van der Waals surface area contributed by atoms with Crippen LogP contribution in [0.1, 0.15) is 5.56 Å². The van der Waals surface area contributed by atoms with Crippen molar-refractivity contribution in [3.05, 3.63) is 66.9 Å². The lowest BCUT2D eigenvalue weighted by Gasteiger charge is -2.09. The van der Waals surface area contributed by atoms with Crippen LogP contribution in [0.4, 0.5) is 8.78 Å². The average molecular weight is 331 g/mol. The van der Waals surface area contributed by atoms with E-state index in [1.807, 2.05) is 0 Å². The van der Waals surface area contributed by atoms with Gasteiger partial charge in [0.05, 0.1) is 11.0 Å². The number of halogens is 3. The Morgan fingerprint density at radius 3 is 2.53 bits per heavy atom. The minimum absolute atomic E-state index is 0.0979. The molecule has 0 atom stereocenters. The second-order valence-electron chi connectivity index (χ2n) is 3.97. The smallest absolute Gasteiger partial charge is 0.312 e. The number of hydrogen-bond donors (Lipinski definition) is 0. The molecule has 1 aromatic carbocycles. The lowest BCUT2D eigenvalue weighted by atomic mass is 10.2. The fraction of sp³-hybridized carbons (Fsp3) is 0.167. The molecule has 0 fully saturated rings. The Hall–Kier alpha value is -1.76. The summed E-state index contributed by atoms with van der Waals surface area (Å²) in [6.45, 7) is -0.341. The highest BCUT2D eigenvalue weighted by Crippen LogP contribution is 2.21. The predicted molar refractivity (Wildman–Crippen MR) is 69.1 cm³/mol. The van der Waals surface area contributed by atoms with E-state index in [1.54, 1.807) is 0 Å². The molecule has 100 valence electrons. The zero-order valence-corrected chi connectivity index (χ0v) is 11.4. The fourth-order valence-electron chi connectivity index (χ4n) is 1.60. The van der Waals surface area contributed by atoms with Crippen molar-refractivity contribution in [2.24, 2.45) is 7.05 Å². The van der Waals surface area contributed by atoms with E-state index in [2.05, 4.69) is 15.9 Å². The molecular formula is C12H9BrF2N2O2. The second-order valence-corrected chi connectivity index (χ2v) is 4.82. The van der Waals surface area contributed by atoms with Crippen LogP contribution in [0.25, 0.3) is 0 Å². The largest absolute Gasteiger partial charge is 0.316 e. The van der Waals surface area contributed by atoms with Crippen LogP contribution >= 0.6 is 15.9 Å². The lowest BCUT2D eigenvalue weighted by molar-refractivity contribution is 0.535. The number of benzene rings is 1. The Balaban J connectivity index is 2.54. The number of nitrogens with zero attached hydrogens (tertiary/aromatic N) is 2. The van der Waals surface area contributed by atoms with Gasteiger partial charge in [0.1, 0.15) is 11.6 Å². The maximum absolute atomic E-state index is 13.8. The van der Waals surface area contributed by atoms with E-state index in [0.717, 1.165) is 15.2 Å². The van der Waals surface area contributed by atoms with Crippen molar-refractivity contribution in [3.8, 4) is 0 Å². The normalized spacial score (nSPS) is 10.7. The average Bonchev–Trinajstić information content (AvgIpc) is 2.39. The predicted octanol–water partition coefficient (Wildman–Crippen LogP) is 1.64. The Labute approximate surface area is 115 Å². The van der Waals surface area contributed by atoms with Crippen molar-refractivity contribution in [1.29, 1.82) is 0 Å². The molecule has 0 N–H and O–H groups in total. The van der Waals surface area contributed by atoms with Gasteiger partial charge in [0.15, 0.2) is 0 Å². The van der Waals surface area contributed by atoms with Crippen LogP contribution in [0.15, 0.2) is 38.6 Å². The Bertz CT molecular complexity index is 752. The minimum Gasteiger partial charge on any atom is -0.312 e. The molecule has 0 aliphatic heterocycles. The fourth-order valence-corrected chi connectivity index (χ4v) is 1.97. The summed E-state index contributed by atoms with van der Waals surface area (Å²) in [7, 11) is 1.42. The second kappa shape index (κ2) is 5.08. The third-order valence-corrected chi connectivity index (χ3v) is 3.31. The molecule has 0 aliphatic carbocycles. The Kier molecular flexibility index (Phi) is 3.66. The lowest BCUT2D eigenvalue weighted by Crippen LogP contribution is -2.39. The highest BCUT2D eigenvalue weighted by Gasteiger charge is 2.14. The standard InChI is InChI=1S/C12H9BrF2N2O2/c1-16-4-5-17(12(19)11(16)18)6-7-9(14)3-2-8(13)10(7)15/h2-5H,6H2,1H3. The molecule has 0 aliphatic rings. The van der Waals surface area contributed by atoms with Crippen LogP contribution in [-0.4, -0.2) is 9.13 Å². The highest BCUT2D eigenvalue weighted by molar-refractivity contribution is 9.10. The van der Waals surface area contributed by atoms with Gasteiger partial charge in [-0.25, -0.2) is 8.78 Å². The Morgan fingerprint density at radius 2 is 1.84 bits per heavy atom.